The van der Waals surface area contributed by atoms with Crippen LogP contribution in [0.3, 0.4) is 0 Å². The summed E-state index contributed by atoms with van der Waals surface area (Å²) in [7, 11) is 0. The molecule has 0 spiro atoms. The van der Waals surface area contributed by atoms with Crippen molar-refractivity contribution >= 4 is 22.9 Å². The van der Waals surface area contributed by atoms with Crippen molar-refractivity contribution in [2.75, 3.05) is 5.32 Å². The van der Waals surface area contributed by atoms with Crippen LogP contribution in [0.1, 0.15) is 32.1 Å². The fourth-order valence-electron chi connectivity index (χ4n) is 2.17. The van der Waals surface area contributed by atoms with E-state index in [1.165, 1.54) is 0 Å². The lowest BCUT2D eigenvalue weighted by molar-refractivity contribution is 0.102. The molecule has 0 fully saturated rings. The first kappa shape index (κ1) is 13.5. The number of H-pyrrole nitrogens is 1. The van der Waals surface area contributed by atoms with Crippen LogP contribution < -0.4 is 10.2 Å². The molecule has 0 aliphatic rings. The Morgan fingerprint density at radius 2 is 1.74 bits per heavy atom. The lowest BCUT2D eigenvalue weighted by atomic mass is 10.1. The Morgan fingerprint density at radius 3 is 2.21 bits per heavy atom. The number of carbonyl (C=O) groups excluding carboxylic acids is 1. The lowest BCUT2D eigenvalue weighted by Crippen LogP contribution is -2.13. The van der Waals surface area contributed by atoms with Crippen molar-refractivity contribution in [1.82, 2.24) is 4.98 Å². The predicted octanol–water partition coefficient (Wildman–Crippen LogP) is 2.92. The highest BCUT2D eigenvalue weighted by Crippen LogP contribution is 2.23. The molecule has 0 aliphatic heterocycles. The lowest BCUT2D eigenvalue weighted by Gasteiger charge is -2.12. The Kier molecular flexibility index (Phi) is 3.57. The Hall–Kier alpha value is -1.88. The van der Waals surface area contributed by atoms with Gasteiger partial charge in [0, 0.05) is 11.4 Å². The van der Waals surface area contributed by atoms with Crippen LogP contribution >= 0.6 is 11.3 Å². The van der Waals surface area contributed by atoms with E-state index in [0.717, 1.165) is 33.7 Å². The zero-order chi connectivity index (χ0) is 14.2. The van der Waals surface area contributed by atoms with Gasteiger partial charge in [-0.25, -0.2) is 0 Å². The molecule has 1 aromatic carbocycles. The largest absolute Gasteiger partial charge is 0.321 e. The van der Waals surface area contributed by atoms with E-state index in [4.69, 9.17) is 0 Å². The van der Waals surface area contributed by atoms with Crippen LogP contribution in [-0.4, -0.2) is 10.9 Å². The first-order chi connectivity index (χ1) is 8.88. The summed E-state index contributed by atoms with van der Waals surface area (Å²) >= 11 is 0.933. The third-order valence-corrected chi connectivity index (χ3v) is 3.93. The molecule has 1 aromatic heterocycles. The molecule has 2 N–H and O–H groups in total. The number of aromatic amines is 1. The van der Waals surface area contributed by atoms with E-state index < -0.39 is 0 Å². The standard InChI is InChI=1S/C14H16N2O2S/c1-7-5-8(2)11(9(3)6-7)16-13(17)12-10(4)15-14(18)19-12/h5-6H,1-4H3,(H,15,18)(H,16,17). The van der Waals surface area contributed by atoms with E-state index in [0.29, 0.717) is 10.6 Å². The molecule has 0 bridgehead atoms. The van der Waals surface area contributed by atoms with Gasteiger partial charge in [-0.05, 0) is 38.8 Å². The summed E-state index contributed by atoms with van der Waals surface area (Å²) in [4.78, 5) is 26.2. The number of benzene rings is 1. The van der Waals surface area contributed by atoms with Crippen LogP contribution in [0, 0.1) is 27.7 Å². The van der Waals surface area contributed by atoms with Gasteiger partial charge in [-0.2, -0.15) is 0 Å². The number of amides is 1. The van der Waals surface area contributed by atoms with Crippen molar-refractivity contribution in [3.8, 4) is 0 Å². The summed E-state index contributed by atoms with van der Waals surface area (Å²) in [5.74, 6) is -0.240. The number of aryl methyl sites for hydroxylation is 4. The molecular formula is C14H16N2O2S. The number of hydrogen-bond acceptors (Lipinski definition) is 3. The molecule has 0 radical (unpaired) electrons. The topological polar surface area (TPSA) is 62.0 Å². The van der Waals surface area contributed by atoms with E-state index in [2.05, 4.69) is 10.3 Å². The predicted molar refractivity (Wildman–Crippen MR) is 78.3 cm³/mol. The van der Waals surface area contributed by atoms with Crippen molar-refractivity contribution < 1.29 is 4.79 Å². The zero-order valence-electron chi connectivity index (χ0n) is 11.4. The third-order valence-electron chi connectivity index (χ3n) is 2.95. The molecule has 2 aromatic rings. The minimum atomic E-state index is -0.240. The molecule has 5 heteroatoms. The molecule has 19 heavy (non-hydrogen) atoms. The summed E-state index contributed by atoms with van der Waals surface area (Å²) in [6.07, 6.45) is 0. The fraction of sp³-hybridized carbons (Fsp3) is 0.286. The molecule has 0 unspecified atom stereocenters. The minimum absolute atomic E-state index is 0.208. The number of anilines is 1. The summed E-state index contributed by atoms with van der Waals surface area (Å²) < 4.78 is 0. The molecule has 2 rings (SSSR count). The van der Waals surface area contributed by atoms with E-state index in [1.54, 1.807) is 6.92 Å². The van der Waals surface area contributed by atoms with E-state index in [-0.39, 0.29) is 10.8 Å². The maximum atomic E-state index is 12.2. The normalized spacial score (nSPS) is 10.5. The number of aromatic nitrogens is 1. The second-order valence-corrected chi connectivity index (χ2v) is 5.68. The number of carbonyl (C=O) groups is 1. The molecule has 4 nitrogen and oxygen atoms in total. The van der Waals surface area contributed by atoms with Gasteiger partial charge in [0.2, 0.25) is 0 Å². The van der Waals surface area contributed by atoms with Gasteiger partial charge in [-0.15, -0.1) is 0 Å². The average Bonchev–Trinajstić information content (AvgIpc) is 2.62. The molecule has 1 heterocycles. The third kappa shape index (κ3) is 2.76. The SMILES string of the molecule is Cc1cc(C)c(NC(=O)c2sc(=O)[nH]c2C)c(C)c1. The van der Waals surface area contributed by atoms with E-state index in [9.17, 15) is 9.59 Å². The van der Waals surface area contributed by atoms with Crippen molar-refractivity contribution in [1.29, 1.82) is 0 Å². The average molecular weight is 276 g/mol. The van der Waals surface area contributed by atoms with Gasteiger partial charge < -0.3 is 10.3 Å². The quantitative estimate of drug-likeness (QED) is 0.886. The fourth-order valence-corrected chi connectivity index (χ4v) is 2.91. The van der Waals surface area contributed by atoms with E-state index >= 15 is 0 Å². The van der Waals surface area contributed by atoms with Crippen LogP contribution in [-0.2, 0) is 0 Å². The number of hydrogen-bond donors (Lipinski definition) is 2. The van der Waals surface area contributed by atoms with Gasteiger partial charge in [0.1, 0.15) is 4.88 Å². The number of thiazole rings is 1. The summed E-state index contributed by atoms with van der Waals surface area (Å²) in [6.45, 7) is 7.67. The smallest absolute Gasteiger partial charge is 0.305 e. The highest BCUT2D eigenvalue weighted by atomic mass is 32.1. The minimum Gasteiger partial charge on any atom is -0.321 e. The molecule has 100 valence electrons. The Labute approximate surface area is 115 Å². The molecule has 0 saturated carbocycles. The van der Waals surface area contributed by atoms with E-state index in [1.807, 2.05) is 32.9 Å². The van der Waals surface area contributed by atoms with Gasteiger partial charge >= 0.3 is 4.87 Å². The Bertz CT molecular complexity index is 675. The Morgan fingerprint density at radius 1 is 1.16 bits per heavy atom. The number of nitrogens with one attached hydrogen (secondary N) is 2. The van der Waals surface area contributed by atoms with Crippen molar-refractivity contribution in [3.63, 3.8) is 0 Å². The van der Waals surface area contributed by atoms with Gasteiger partial charge in [-0.1, -0.05) is 29.0 Å². The van der Waals surface area contributed by atoms with Crippen LogP contribution in [0.25, 0.3) is 0 Å². The molecule has 0 atom stereocenters. The van der Waals surface area contributed by atoms with Gasteiger partial charge in [-0.3, -0.25) is 9.59 Å². The van der Waals surface area contributed by atoms with Crippen molar-refractivity contribution in [2.45, 2.75) is 27.7 Å². The van der Waals surface area contributed by atoms with Crippen LogP contribution in [0.15, 0.2) is 16.9 Å². The molecule has 0 saturated heterocycles. The molecule has 0 aliphatic carbocycles. The second-order valence-electron chi connectivity index (χ2n) is 4.70. The van der Waals surface area contributed by atoms with Crippen LogP contribution in [0.2, 0.25) is 0 Å². The Balaban J connectivity index is 2.34. The first-order valence-corrected chi connectivity index (χ1v) is 6.79. The second kappa shape index (κ2) is 5.01. The van der Waals surface area contributed by atoms with Crippen molar-refractivity contribution in [3.05, 3.63) is 49.1 Å². The maximum absolute atomic E-state index is 12.2. The maximum Gasteiger partial charge on any atom is 0.305 e. The summed E-state index contributed by atoms with van der Waals surface area (Å²) in [5, 5.41) is 2.89. The zero-order valence-corrected chi connectivity index (χ0v) is 12.2. The van der Waals surface area contributed by atoms with Gasteiger partial charge in [0.05, 0.1) is 0 Å². The monoisotopic (exact) mass is 276 g/mol. The van der Waals surface area contributed by atoms with Crippen LogP contribution in [0.5, 0.6) is 0 Å². The summed E-state index contributed by atoms with van der Waals surface area (Å²) in [6, 6.07) is 4.05. The summed E-state index contributed by atoms with van der Waals surface area (Å²) in [5.41, 5.74) is 4.62. The highest BCUT2D eigenvalue weighted by molar-refractivity contribution is 7.11. The molecule has 1 amide bonds. The molecular weight excluding hydrogens is 260 g/mol. The highest BCUT2D eigenvalue weighted by Gasteiger charge is 2.15. The van der Waals surface area contributed by atoms with Crippen LogP contribution in [0.4, 0.5) is 5.69 Å². The van der Waals surface area contributed by atoms with Gasteiger partial charge in [0.15, 0.2) is 0 Å². The first-order valence-electron chi connectivity index (χ1n) is 5.97. The number of rotatable bonds is 2. The van der Waals surface area contributed by atoms with Gasteiger partial charge in [0.25, 0.3) is 5.91 Å². The van der Waals surface area contributed by atoms with Crippen molar-refractivity contribution in [2.24, 2.45) is 0 Å².